The van der Waals surface area contributed by atoms with Crippen molar-refractivity contribution in [2.75, 3.05) is 33.0 Å². The zero-order valence-corrected chi connectivity index (χ0v) is 31.9. The van der Waals surface area contributed by atoms with Gasteiger partial charge in [-0.1, -0.05) is 69.3 Å². The predicted molar refractivity (Wildman–Crippen MR) is 204 cm³/mol. The molecule has 0 radical (unpaired) electrons. The van der Waals surface area contributed by atoms with Gasteiger partial charge in [0.2, 0.25) is 11.6 Å². The van der Waals surface area contributed by atoms with Crippen LogP contribution in [0, 0.1) is 5.41 Å². The van der Waals surface area contributed by atoms with Gasteiger partial charge >= 0.3 is 23.9 Å². The maximum Gasteiger partial charge on any atom is 0.374 e. The monoisotopic (exact) mass is 742 g/mol. The highest BCUT2D eigenvalue weighted by atomic mass is 16.6. The predicted octanol–water partition coefficient (Wildman–Crippen LogP) is 7.04. The van der Waals surface area contributed by atoms with E-state index < -0.39 is 60.7 Å². The maximum absolute atomic E-state index is 12.4. The van der Waals surface area contributed by atoms with Crippen LogP contribution in [0.2, 0.25) is 0 Å². The van der Waals surface area contributed by atoms with Gasteiger partial charge in [0.25, 0.3) is 0 Å². The SMILES string of the molecule is C=C(C)C(=O)OCCCc1cc(-c2ccc3cc(CCCCC)ccc3c2)ccc1OCC(COC(=O)C(=C)C)(COC(=O)C(C)=O)COC(=O)C(C)=O. The van der Waals surface area contributed by atoms with Crippen molar-refractivity contribution in [3.8, 4) is 16.9 Å². The summed E-state index contributed by atoms with van der Waals surface area (Å²) < 4.78 is 27.5. The standard InChI is InChI=1S/C43H50O11/c1-8-9-10-12-32-14-15-34-22-35(17-16-33(34)21-32)36-18-19-38(37(23-36)13-11-20-50-39(46)28(2)3)51-24-43(25-52-40(47)29(4)5,26-53-41(48)30(6)44)27-54-42(49)31(7)45/h14-19,21-23H,2,4,8-13,20,24-27H2,1,3,5-7H3. The Morgan fingerprint density at radius 1 is 0.574 bits per heavy atom. The highest BCUT2D eigenvalue weighted by Gasteiger charge is 2.38. The number of hydrogen-bond acceptors (Lipinski definition) is 11. The number of unbranched alkanes of at least 4 members (excludes halogenated alkanes) is 2. The van der Waals surface area contributed by atoms with Crippen molar-refractivity contribution in [1.29, 1.82) is 0 Å². The molecular weight excluding hydrogens is 692 g/mol. The number of carbonyl (C=O) groups excluding carboxylic acids is 6. The quantitative estimate of drug-likeness (QED) is 0.0343. The smallest absolute Gasteiger partial charge is 0.374 e. The molecule has 0 fully saturated rings. The third-order valence-corrected chi connectivity index (χ3v) is 8.53. The van der Waals surface area contributed by atoms with Gasteiger partial charge in [0.1, 0.15) is 37.6 Å². The average Bonchev–Trinajstić information content (AvgIpc) is 3.15. The number of benzene rings is 3. The molecule has 288 valence electrons. The zero-order valence-electron chi connectivity index (χ0n) is 31.9. The van der Waals surface area contributed by atoms with E-state index in [2.05, 4.69) is 56.5 Å². The van der Waals surface area contributed by atoms with E-state index in [0.29, 0.717) is 18.6 Å². The molecule has 0 bridgehead atoms. The van der Waals surface area contributed by atoms with Crippen molar-refractivity contribution in [3.63, 3.8) is 0 Å². The molecule has 11 heteroatoms. The summed E-state index contributed by atoms with van der Waals surface area (Å²) in [5.41, 5.74) is 2.72. The van der Waals surface area contributed by atoms with E-state index in [-0.39, 0.29) is 24.4 Å². The van der Waals surface area contributed by atoms with E-state index in [9.17, 15) is 28.8 Å². The number of ketones is 2. The molecule has 0 amide bonds. The lowest BCUT2D eigenvalue weighted by Crippen LogP contribution is -2.45. The fourth-order valence-corrected chi connectivity index (χ4v) is 5.32. The van der Waals surface area contributed by atoms with E-state index in [1.54, 1.807) is 13.0 Å². The first-order valence-corrected chi connectivity index (χ1v) is 17.9. The van der Waals surface area contributed by atoms with Gasteiger partial charge in [-0.25, -0.2) is 19.2 Å². The second kappa shape index (κ2) is 20.6. The topological polar surface area (TPSA) is 149 Å². The normalized spacial score (nSPS) is 11.0. The highest BCUT2D eigenvalue weighted by molar-refractivity contribution is 6.32. The molecule has 0 atom stereocenters. The summed E-state index contributed by atoms with van der Waals surface area (Å²) in [4.78, 5) is 72.4. The zero-order chi connectivity index (χ0) is 39.8. The van der Waals surface area contributed by atoms with Gasteiger partial charge in [0.15, 0.2) is 0 Å². The molecule has 3 aromatic rings. The van der Waals surface area contributed by atoms with E-state index in [1.807, 2.05) is 12.1 Å². The number of rotatable bonds is 22. The minimum absolute atomic E-state index is 0.0811. The van der Waals surface area contributed by atoms with Gasteiger partial charge in [-0.3, -0.25) is 9.59 Å². The fraction of sp³-hybridized carbons (Fsp3) is 0.395. The van der Waals surface area contributed by atoms with Crippen LogP contribution in [0.5, 0.6) is 5.75 Å². The molecule has 54 heavy (non-hydrogen) atoms. The molecule has 0 aliphatic carbocycles. The summed E-state index contributed by atoms with van der Waals surface area (Å²) in [7, 11) is 0. The Kier molecular flexibility index (Phi) is 16.3. The minimum Gasteiger partial charge on any atom is -0.492 e. The van der Waals surface area contributed by atoms with Gasteiger partial charge in [-0.15, -0.1) is 0 Å². The van der Waals surface area contributed by atoms with Crippen LogP contribution in [0.25, 0.3) is 21.9 Å². The Morgan fingerprint density at radius 2 is 1.11 bits per heavy atom. The fourth-order valence-electron chi connectivity index (χ4n) is 5.32. The van der Waals surface area contributed by atoms with E-state index in [0.717, 1.165) is 54.2 Å². The van der Waals surface area contributed by atoms with Crippen LogP contribution in [-0.4, -0.2) is 68.5 Å². The van der Waals surface area contributed by atoms with Crippen LogP contribution in [0.4, 0.5) is 0 Å². The van der Waals surface area contributed by atoms with Crippen LogP contribution in [-0.2, 0) is 60.6 Å². The number of ether oxygens (including phenoxy) is 5. The van der Waals surface area contributed by atoms with E-state index >= 15 is 0 Å². The van der Waals surface area contributed by atoms with Crippen LogP contribution >= 0.6 is 0 Å². The molecular formula is C43H50O11. The van der Waals surface area contributed by atoms with E-state index in [4.69, 9.17) is 23.7 Å². The first kappa shape index (κ1) is 42.8. The van der Waals surface area contributed by atoms with Gasteiger partial charge < -0.3 is 23.7 Å². The molecule has 0 heterocycles. The van der Waals surface area contributed by atoms with E-state index in [1.165, 1.54) is 25.3 Å². The number of Topliss-reactive ketones (excluding diaryl/α,β-unsaturated/α-hetero) is 2. The molecule has 11 nitrogen and oxygen atoms in total. The second-order valence-electron chi connectivity index (χ2n) is 13.6. The van der Waals surface area contributed by atoms with Crippen molar-refractivity contribution in [2.45, 2.75) is 73.1 Å². The van der Waals surface area contributed by atoms with Crippen molar-refractivity contribution >= 4 is 46.2 Å². The number of carbonyl (C=O) groups is 6. The number of hydrogen-bond donors (Lipinski definition) is 0. The first-order chi connectivity index (χ1) is 25.6. The minimum atomic E-state index is -1.55. The lowest BCUT2D eigenvalue weighted by Gasteiger charge is -2.32. The largest absolute Gasteiger partial charge is 0.492 e. The van der Waals surface area contributed by atoms with Crippen molar-refractivity contribution in [1.82, 2.24) is 0 Å². The maximum atomic E-state index is 12.4. The van der Waals surface area contributed by atoms with Crippen molar-refractivity contribution < 1.29 is 52.5 Å². The highest BCUT2D eigenvalue weighted by Crippen LogP contribution is 2.32. The van der Waals surface area contributed by atoms with Crippen LogP contribution < -0.4 is 4.74 Å². The Hall–Kier alpha value is -5.58. The summed E-state index contributed by atoms with van der Waals surface area (Å²) in [6, 6.07) is 18.4. The lowest BCUT2D eigenvalue weighted by molar-refractivity contribution is -0.168. The molecule has 0 saturated heterocycles. The molecule has 0 unspecified atom stereocenters. The summed E-state index contributed by atoms with van der Waals surface area (Å²) in [6.07, 6.45) is 5.40. The second-order valence-corrected chi connectivity index (χ2v) is 13.6. The summed E-state index contributed by atoms with van der Waals surface area (Å²) in [5.74, 6) is -4.96. The summed E-state index contributed by atoms with van der Waals surface area (Å²) >= 11 is 0. The molecule has 0 aliphatic rings. The van der Waals surface area contributed by atoms with Crippen molar-refractivity contribution in [2.24, 2.45) is 5.41 Å². The molecule has 0 aromatic heterocycles. The summed E-state index contributed by atoms with van der Waals surface area (Å²) in [6.45, 7) is 12.6. The van der Waals surface area contributed by atoms with Gasteiger partial charge in [0, 0.05) is 25.0 Å². The molecule has 3 aromatic carbocycles. The molecule has 3 rings (SSSR count). The lowest BCUT2D eigenvalue weighted by atomic mass is 9.91. The molecule has 0 N–H and O–H groups in total. The number of aryl methyl sites for hydroxylation is 2. The Morgan fingerprint density at radius 3 is 1.70 bits per heavy atom. The van der Waals surface area contributed by atoms with Gasteiger partial charge in [-0.2, -0.15) is 0 Å². The number of esters is 4. The molecule has 0 aliphatic heterocycles. The van der Waals surface area contributed by atoms with Crippen molar-refractivity contribution in [3.05, 3.63) is 90.0 Å². The Labute approximate surface area is 316 Å². The molecule has 0 spiro atoms. The third kappa shape index (κ3) is 13.1. The average molecular weight is 743 g/mol. The Balaban J connectivity index is 2.00. The van der Waals surface area contributed by atoms with Gasteiger partial charge in [-0.05, 0) is 90.8 Å². The molecule has 0 saturated carbocycles. The van der Waals surface area contributed by atoms with Crippen LogP contribution in [0.15, 0.2) is 78.9 Å². The van der Waals surface area contributed by atoms with Crippen LogP contribution in [0.1, 0.15) is 71.4 Å². The first-order valence-electron chi connectivity index (χ1n) is 17.9. The summed E-state index contributed by atoms with van der Waals surface area (Å²) in [5, 5.41) is 2.24. The third-order valence-electron chi connectivity index (χ3n) is 8.53. The number of fused-ring (bicyclic) bond motifs is 1. The van der Waals surface area contributed by atoms with Crippen LogP contribution in [0.3, 0.4) is 0 Å². The Bertz CT molecular complexity index is 1810. The van der Waals surface area contributed by atoms with Gasteiger partial charge in [0.05, 0.1) is 6.61 Å².